The SMILES string of the molecule is CCN1CCCC1CNC(=O)c1csc(C#CCN)c1. The van der Waals surface area contributed by atoms with Crippen LogP contribution in [0.15, 0.2) is 11.4 Å². The number of rotatable bonds is 4. The van der Waals surface area contributed by atoms with Crippen LogP contribution < -0.4 is 11.1 Å². The monoisotopic (exact) mass is 291 g/mol. The molecular formula is C15H21N3OS. The van der Waals surface area contributed by atoms with Crippen molar-refractivity contribution in [1.82, 2.24) is 10.2 Å². The number of hydrogen-bond acceptors (Lipinski definition) is 4. The van der Waals surface area contributed by atoms with Gasteiger partial charge in [0.25, 0.3) is 5.91 Å². The molecule has 108 valence electrons. The normalized spacial score (nSPS) is 18.6. The van der Waals surface area contributed by atoms with Gasteiger partial charge < -0.3 is 11.1 Å². The van der Waals surface area contributed by atoms with Gasteiger partial charge in [-0.2, -0.15) is 0 Å². The molecule has 3 N–H and O–H groups in total. The van der Waals surface area contributed by atoms with Gasteiger partial charge in [0, 0.05) is 18.0 Å². The van der Waals surface area contributed by atoms with Crippen LogP contribution in [0, 0.1) is 11.8 Å². The predicted octanol–water partition coefficient (Wildman–Crippen LogP) is 1.27. The maximum Gasteiger partial charge on any atom is 0.252 e. The topological polar surface area (TPSA) is 58.4 Å². The zero-order valence-corrected chi connectivity index (χ0v) is 12.6. The van der Waals surface area contributed by atoms with Crippen molar-refractivity contribution in [2.75, 3.05) is 26.2 Å². The summed E-state index contributed by atoms with van der Waals surface area (Å²) in [5, 5.41) is 4.88. The maximum absolute atomic E-state index is 12.1. The molecule has 4 nitrogen and oxygen atoms in total. The summed E-state index contributed by atoms with van der Waals surface area (Å²) >= 11 is 1.48. The van der Waals surface area contributed by atoms with E-state index in [-0.39, 0.29) is 5.91 Å². The lowest BCUT2D eigenvalue weighted by Gasteiger charge is -2.22. The third kappa shape index (κ3) is 3.83. The smallest absolute Gasteiger partial charge is 0.252 e. The number of nitrogens with one attached hydrogen (secondary N) is 1. The Bertz CT molecular complexity index is 515. The highest BCUT2D eigenvalue weighted by molar-refractivity contribution is 7.10. The van der Waals surface area contributed by atoms with E-state index in [1.54, 1.807) is 0 Å². The number of nitrogens with zero attached hydrogens (tertiary/aromatic N) is 1. The zero-order chi connectivity index (χ0) is 14.4. The van der Waals surface area contributed by atoms with Crippen LogP contribution in [0.3, 0.4) is 0 Å². The van der Waals surface area contributed by atoms with Crippen molar-refractivity contribution in [3.05, 3.63) is 21.9 Å². The summed E-state index contributed by atoms with van der Waals surface area (Å²) < 4.78 is 0. The lowest BCUT2D eigenvalue weighted by atomic mass is 10.2. The lowest BCUT2D eigenvalue weighted by molar-refractivity contribution is 0.0942. The number of carbonyl (C=O) groups is 1. The summed E-state index contributed by atoms with van der Waals surface area (Å²) in [6, 6.07) is 2.31. The molecule has 0 bridgehead atoms. The molecule has 2 rings (SSSR count). The lowest BCUT2D eigenvalue weighted by Crippen LogP contribution is -2.39. The van der Waals surface area contributed by atoms with Crippen LogP contribution in [0.1, 0.15) is 35.0 Å². The Morgan fingerprint density at radius 1 is 1.65 bits per heavy atom. The van der Waals surface area contributed by atoms with Gasteiger partial charge in [-0.15, -0.1) is 11.3 Å². The van der Waals surface area contributed by atoms with Crippen LogP contribution in [0.25, 0.3) is 0 Å². The Morgan fingerprint density at radius 2 is 2.50 bits per heavy atom. The second kappa shape index (κ2) is 7.44. The van der Waals surface area contributed by atoms with E-state index in [9.17, 15) is 4.79 Å². The van der Waals surface area contributed by atoms with E-state index in [4.69, 9.17) is 5.73 Å². The fourth-order valence-corrected chi connectivity index (χ4v) is 3.27. The first-order valence-electron chi connectivity index (χ1n) is 7.04. The summed E-state index contributed by atoms with van der Waals surface area (Å²) in [5.74, 6) is 5.74. The van der Waals surface area contributed by atoms with Crippen molar-refractivity contribution in [3.63, 3.8) is 0 Å². The summed E-state index contributed by atoms with van der Waals surface area (Å²) in [7, 11) is 0. The van der Waals surface area contributed by atoms with Crippen molar-refractivity contribution in [2.24, 2.45) is 5.73 Å². The molecule has 1 saturated heterocycles. The number of hydrogen-bond donors (Lipinski definition) is 2. The molecule has 0 spiro atoms. The quantitative estimate of drug-likeness (QED) is 0.822. The van der Waals surface area contributed by atoms with E-state index in [0.717, 1.165) is 24.5 Å². The summed E-state index contributed by atoms with van der Waals surface area (Å²) in [6.45, 7) is 5.44. The first-order valence-corrected chi connectivity index (χ1v) is 7.92. The molecule has 5 heteroatoms. The Morgan fingerprint density at radius 3 is 3.25 bits per heavy atom. The Kier molecular flexibility index (Phi) is 5.60. The van der Waals surface area contributed by atoms with Gasteiger partial charge in [0.1, 0.15) is 0 Å². The van der Waals surface area contributed by atoms with E-state index in [1.165, 1.54) is 24.2 Å². The second-order valence-electron chi connectivity index (χ2n) is 4.84. The minimum absolute atomic E-state index is 0.00926. The second-order valence-corrected chi connectivity index (χ2v) is 5.75. The third-order valence-corrected chi connectivity index (χ3v) is 4.42. The largest absolute Gasteiger partial charge is 0.350 e. The standard InChI is InChI=1S/C15H21N3OS/c1-2-18-8-4-5-13(18)10-17-15(19)12-9-14(20-11-12)6-3-7-16/h9,11,13H,2,4-5,7-8,10,16H2,1H3,(H,17,19). The number of carbonyl (C=O) groups excluding carboxylic acids is 1. The van der Waals surface area contributed by atoms with Crippen LogP contribution in [-0.4, -0.2) is 43.0 Å². The summed E-state index contributed by atoms with van der Waals surface area (Å²) in [5.41, 5.74) is 6.03. The molecule has 1 aromatic rings. The number of likely N-dealkylation sites (tertiary alicyclic amines) is 1. The molecule has 1 aliphatic rings. The predicted molar refractivity (Wildman–Crippen MR) is 82.9 cm³/mol. The van der Waals surface area contributed by atoms with E-state index in [2.05, 4.69) is 29.0 Å². The van der Waals surface area contributed by atoms with Crippen LogP contribution >= 0.6 is 11.3 Å². The molecule has 1 aromatic heterocycles. The molecule has 1 aliphatic heterocycles. The van der Waals surface area contributed by atoms with Crippen LogP contribution in [0.2, 0.25) is 0 Å². The first-order chi connectivity index (χ1) is 9.74. The van der Waals surface area contributed by atoms with Crippen molar-refractivity contribution >= 4 is 17.2 Å². The van der Waals surface area contributed by atoms with Crippen molar-refractivity contribution in [2.45, 2.75) is 25.8 Å². The molecule has 1 amide bonds. The highest BCUT2D eigenvalue weighted by Crippen LogP contribution is 2.16. The molecule has 1 unspecified atom stereocenters. The summed E-state index contributed by atoms with van der Waals surface area (Å²) in [6.07, 6.45) is 2.40. The van der Waals surface area contributed by atoms with Crippen molar-refractivity contribution < 1.29 is 4.79 Å². The average molecular weight is 291 g/mol. The van der Waals surface area contributed by atoms with Gasteiger partial charge in [-0.1, -0.05) is 18.8 Å². The molecule has 0 radical (unpaired) electrons. The fraction of sp³-hybridized carbons (Fsp3) is 0.533. The number of likely N-dealkylation sites (N-methyl/N-ethyl adjacent to an activating group) is 1. The highest BCUT2D eigenvalue weighted by atomic mass is 32.1. The molecule has 1 atom stereocenters. The van der Waals surface area contributed by atoms with E-state index < -0.39 is 0 Å². The van der Waals surface area contributed by atoms with Crippen molar-refractivity contribution in [3.8, 4) is 11.8 Å². The van der Waals surface area contributed by atoms with Gasteiger partial charge in [-0.3, -0.25) is 9.69 Å². The fourth-order valence-electron chi connectivity index (χ4n) is 2.51. The van der Waals surface area contributed by atoms with Crippen LogP contribution in [-0.2, 0) is 0 Å². The van der Waals surface area contributed by atoms with Gasteiger partial charge in [-0.05, 0) is 32.0 Å². The van der Waals surface area contributed by atoms with Gasteiger partial charge in [0.05, 0.1) is 17.0 Å². The average Bonchev–Trinajstić information content (AvgIpc) is 3.11. The van der Waals surface area contributed by atoms with Crippen LogP contribution in [0.5, 0.6) is 0 Å². The Balaban J connectivity index is 1.87. The first kappa shape index (κ1) is 15.0. The van der Waals surface area contributed by atoms with E-state index in [0.29, 0.717) is 18.2 Å². The van der Waals surface area contributed by atoms with E-state index in [1.807, 2.05) is 11.4 Å². The molecule has 2 heterocycles. The van der Waals surface area contributed by atoms with Crippen LogP contribution in [0.4, 0.5) is 0 Å². The Hall–Kier alpha value is -1.35. The molecule has 0 aliphatic carbocycles. The zero-order valence-electron chi connectivity index (χ0n) is 11.8. The molecule has 1 fully saturated rings. The highest BCUT2D eigenvalue weighted by Gasteiger charge is 2.23. The minimum Gasteiger partial charge on any atom is -0.350 e. The van der Waals surface area contributed by atoms with Gasteiger partial charge >= 0.3 is 0 Å². The summed E-state index contributed by atoms with van der Waals surface area (Å²) in [4.78, 5) is 15.4. The maximum atomic E-state index is 12.1. The van der Waals surface area contributed by atoms with E-state index >= 15 is 0 Å². The third-order valence-electron chi connectivity index (χ3n) is 3.58. The Labute approximate surface area is 124 Å². The molecule has 0 saturated carbocycles. The molecule has 20 heavy (non-hydrogen) atoms. The minimum atomic E-state index is -0.00926. The molecular weight excluding hydrogens is 270 g/mol. The van der Waals surface area contributed by atoms with Crippen molar-refractivity contribution in [1.29, 1.82) is 0 Å². The number of amides is 1. The van der Waals surface area contributed by atoms with Gasteiger partial charge in [0.15, 0.2) is 0 Å². The van der Waals surface area contributed by atoms with Gasteiger partial charge in [-0.25, -0.2) is 0 Å². The number of thiophene rings is 1. The molecule has 0 aromatic carbocycles. The number of nitrogens with two attached hydrogens (primary N) is 1. The van der Waals surface area contributed by atoms with Gasteiger partial charge in [0.2, 0.25) is 0 Å².